The summed E-state index contributed by atoms with van der Waals surface area (Å²) in [5.74, 6) is -0.739. The molecule has 1 N–H and O–H groups in total. The summed E-state index contributed by atoms with van der Waals surface area (Å²) in [4.78, 5) is 28.8. The number of methoxy groups -OCH3 is 1. The van der Waals surface area contributed by atoms with Crippen LogP contribution in [0.3, 0.4) is 0 Å². The van der Waals surface area contributed by atoms with Gasteiger partial charge in [0.05, 0.1) is 22.9 Å². The quantitative estimate of drug-likeness (QED) is 0.564. The van der Waals surface area contributed by atoms with E-state index in [1.54, 1.807) is 12.1 Å². The molecule has 0 saturated heterocycles. The summed E-state index contributed by atoms with van der Waals surface area (Å²) >= 11 is 1.25. The Hall–Kier alpha value is -3.19. The molecule has 0 unspecified atom stereocenters. The number of nitrogens with zero attached hydrogens (tertiary/aromatic N) is 1. The third kappa shape index (κ3) is 2.45. The highest BCUT2D eigenvalue weighted by molar-refractivity contribution is 7.21. The summed E-state index contributed by atoms with van der Waals surface area (Å²) in [6.45, 7) is 0. The number of thiazole rings is 1. The van der Waals surface area contributed by atoms with Gasteiger partial charge in [0.25, 0.3) is 0 Å². The highest BCUT2D eigenvalue weighted by atomic mass is 32.1. The summed E-state index contributed by atoms with van der Waals surface area (Å²) in [6.07, 6.45) is 0. The zero-order valence-corrected chi connectivity index (χ0v) is 13.8. The normalized spacial score (nSPS) is 11.1. The Morgan fingerprint density at radius 2 is 2.04 bits per heavy atom. The molecule has 0 aliphatic rings. The van der Waals surface area contributed by atoms with Crippen LogP contribution >= 0.6 is 11.3 Å². The SMILES string of the molecule is COc1ccc2c(C(=O)O)c(-c3nc4ccccc4s3)c(=O)oc2c1. The first-order valence-corrected chi connectivity index (χ1v) is 8.14. The molecule has 2 aromatic carbocycles. The van der Waals surface area contributed by atoms with Crippen LogP contribution in [0.4, 0.5) is 0 Å². The monoisotopic (exact) mass is 353 g/mol. The Morgan fingerprint density at radius 1 is 1.24 bits per heavy atom. The van der Waals surface area contributed by atoms with Crippen molar-refractivity contribution < 1.29 is 19.1 Å². The van der Waals surface area contributed by atoms with Gasteiger partial charge in [-0.25, -0.2) is 14.6 Å². The van der Waals surface area contributed by atoms with Gasteiger partial charge in [0.2, 0.25) is 0 Å². The average molecular weight is 353 g/mol. The van der Waals surface area contributed by atoms with Crippen molar-refractivity contribution in [2.24, 2.45) is 0 Å². The summed E-state index contributed by atoms with van der Waals surface area (Å²) in [5, 5.41) is 10.4. The fraction of sp³-hybridized carbons (Fsp3) is 0.0556. The molecule has 2 aromatic heterocycles. The molecule has 0 saturated carbocycles. The van der Waals surface area contributed by atoms with Gasteiger partial charge < -0.3 is 14.3 Å². The van der Waals surface area contributed by atoms with Gasteiger partial charge in [0.15, 0.2) is 0 Å². The van der Waals surface area contributed by atoms with E-state index in [0.717, 1.165) is 4.70 Å². The van der Waals surface area contributed by atoms with E-state index in [4.69, 9.17) is 9.15 Å². The minimum Gasteiger partial charge on any atom is -0.497 e. The molecule has 25 heavy (non-hydrogen) atoms. The smallest absolute Gasteiger partial charge is 0.347 e. The fourth-order valence-electron chi connectivity index (χ4n) is 2.70. The molecule has 4 rings (SSSR count). The molecular formula is C18H11NO5S. The minimum absolute atomic E-state index is 0.0358. The van der Waals surface area contributed by atoms with E-state index < -0.39 is 11.6 Å². The van der Waals surface area contributed by atoms with Crippen molar-refractivity contribution in [1.82, 2.24) is 4.98 Å². The second kappa shape index (κ2) is 5.71. The number of carboxylic acids is 1. The first-order chi connectivity index (χ1) is 12.1. The Kier molecular flexibility index (Phi) is 3.51. The second-order valence-corrected chi connectivity index (χ2v) is 6.32. The summed E-state index contributed by atoms with van der Waals surface area (Å²) in [7, 11) is 1.48. The Morgan fingerprint density at radius 3 is 2.76 bits per heavy atom. The summed E-state index contributed by atoms with van der Waals surface area (Å²) in [5.41, 5.74) is -0.0313. The molecule has 0 aliphatic heterocycles. The number of aromatic carboxylic acids is 1. The van der Waals surface area contributed by atoms with E-state index in [9.17, 15) is 14.7 Å². The van der Waals surface area contributed by atoms with Gasteiger partial charge in [-0.1, -0.05) is 12.1 Å². The van der Waals surface area contributed by atoms with Crippen LogP contribution in [0, 0.1) is 0 Å². The maximum atomic E-state index is 12.5. The van der Waals surface area contributed by atoms with Crippen molar-refractivity contribution >= 4 is 38.5 Å². The molecule has 6 nitrogen and oxygen atoms in total. The standard InChI is InChI=1S/C18H11NO5S/c1-23-9-6-7-10-12(8-9)24-18(22)15(14(10)17(20)21)16-19-11-4-2-3-5-13(11)25-16/h2-8H,1H3,(H,20,21). The Labute approximate surface area is 144 Å². The van der Waals surface area contributed by atoms with Gasteiger partial charge in [-0.15, -0.1) is 11.3 Å². The summed E-state index contributed by atoms with van der Waals surface area (Å²) in [6, 6.07) is 12.0. The molecule has 0 bridgehead atoms. The minimum atomic E-state index is -1.21. The molecule has 2 heterocycles. The van der Waals surface area contributed by atoms with Gasteiger partial charge >= 0.3 is 11.6 Å². The first-order valence-electron chi connectivity index (χ1n) is 7.32. The maximum Gasteiger partial charge on any atom is 0.347 e. The predicted octanol–water partition coefficient (Wildman–Crippen LogP) is 3.78. The van der Waals surface area contributed by atoms with Crippen molar-refractivity contribution in [3.63, 3.8) is 0 Å². The maximum absolute atomic E-state index is 12.5. The van der Waals surface area contributed by atoms with Crippen LogP contribution in [0.25, 0.3) is 31.8 Å². The molecule has 0 fully saturated rings. The Balaban J connectivity index is 2.09. The lowest BCUT2D eigenvalue weighted by Gasteiger charge is -2.07. The third-order valence-electron chi connectivity index (χ3n) is 3.84. The van der Waals surface area contributed by atoms with Crippen molar-refractivity contribution in [2.75, 3.05) is 7.11 Å². The number of benzene rings is 2. The van der Waals surface area contributed by atoms with Crippen LogP contribution in [0.2, 0.25) is 0 Å². The topological polar surface area (TPSA) is 89.6 Å². The van der Waals surface area contributed by atoms with Crippen molar-refractivity contribution in [1.29, 1.82) is 0 Å². The number of carboxylic acid groups (broad SMARTS) is 1. The zero-order chi connectivity index (χ0) is 17.6. The number of carbonyl (C=O) groups is 1. The predicted molar refractivity (Wildman–Crippen MR) is 94.6 cm³/mol. The number of rotatable bonds is 3. The van der Waals surface area contributed by atoms with Gasteiger partial charge in [0, 0.05) is 11.5 Å². The molecule has 124 valence electrons. The van der Waals surface area contributed by atoms with Gasteiger partial charge in [-0.05, 0) is 24.3 Å². The molecule has 0 amide bonds. The van der Waals surface area contributed by atoms with Crippen LogP contribution < -0.4 is 10.4 Å². The second-order valence-electron chi connectivity index (χ2n) is 5.29. The summed E-state index contributed by atoms with van der Waals surface area (Å²) < 4.78 is 11.3. The lowest BCUT2D eigenvalue weighted by Crippen LogP contribution is -2.12. The van der Waals surface area contributed by atoms with E-state index >= 15 is 0 Å². The van der Waals surface area contributed by atoms with Gasteiger partial charge in [0.1, 0.15) is 21.9 Å². The zero-order valence-electron chi connectivity index (χ0n) is 13.0. The van der Waals surface area contributed by atoms with E-state index in [1.807, 2.05) is 24.3 Å². The van der Waals surface area contributed by atoms with Crippen molar-refractivity contribution in [3.05, 3.63) is 58.4 Å². The third-order valence-corrected chi connectivity index (χ3v) is 4.89. The van der Waals surface area contributed by atoms with Crippen molar-refractivity contribution in [2.45, 2.75) is 0 Å². The van der Waals surface area contributed by atoms with Crippen LogP contribution in [0.5, 0.6) is 5.75 Å². The van der Waals surface area contributed by atoms with E-state index in [0.29, 0.717) is 21.7 Å². The molecule has 0 radical (unpaired) electrons. The highest BCUT2D eigenvalue weighted by Crippen LogP contribution is 2.34. The average Bonchev–Trinajstić information content (AvgIpc) is 3.03. The molecule has 4 aromatic rings. The number of hydrogen-bond donors (Lipinski definition) is 1. The van der Waals surface area contributed by atoms with Crippen LogP contribution in [0.1, 0.15) is 10.4 Å². The lowest BCUT2D eigenvalue weighted by atomic mass is 10.0. The van der Waals surface area contributed by atoms with E-state index in [2.05, 4.69) is 4.98 Å². The molecule has 0 atom stereocenters. The van der Waals surface area contributed by atoms with Gasteiger partial charge in [-0.3, -0.25) is 0 Å². The number of para-hydroxylation sites is 1. The van der Waals surface area contributed by atoms with E-state index in [1.165, 1.54) is 24.5 Å². The van der Waals surface area contributed by atoms with Crippen LogP contribution in [0.15, 0.2) is 51.7 Å². The number of aromatic nitrogens is 1. The number of hydrogen-bond acceptors (Lipinski definition) is 6. The largest absolute Gasteiger partial charge is 0.497 e. The van der Waals surface area contributed by atoms with Gasteiger partial charge in [-0.2, -0.15) is 0 Å². The number of fused-ring (bicyclic) bond motifs is 2. The number of ether oxygens (including phenoxy) is 1. The Bertz CT molecular complexity index is 1160. The van der Waals surface area contributed by atoms with E-state index in [-0.39, 0.29) is 16.7 Å². The van der Waals surface area contributed by atoms with Crippen molar-refractivity contribution in [3.8, 4) is 16.3 Å². The highest BCUT2D eigenvalue weighted by Gasteiger charge is 2.24. The van der Waals surface area contributed by atoms with Crippen LogP contribution in [-0.4, -0.2) is 23.2 Å². The fourth-order valence-corrected chi connectivity index (χ4v) is 3.71. The molecule has 0 aliphatic carbocycles. The molecule has 0 spiro atoms. The first kappa shape index (κ1) is 15.3. The lowest BCUT2D eigenvalue weighted by molar-refractivity contribution is 0.0699. The molecule has 7 heteroatoms. The van der Waals surface area contributed by atoms with Crippen LogP contribution in [-0.2, 0) is 0 Å². The molecular weight excluding hydrogens is 342 g/mol.